The Morgan fingerprint density at radius 2 is 0.904 bits per heavy atom. The SMILES string of the molecule is CC1(C)OC2[C@@H](O1)C(c1ccccc1)(c1ccccc1)OP(Oc1ccccc1-c1cccc(CC(C3=NC(c4ccccc4)CO3)C3=NC(c4ccccc4)CO3)c1)OC2(c1ccccc1)c1ccccc1. The van der Waals surface area contributed by atoms with Crippen molar-refractivity contribution in [1.29, 1.82) is 0 Å². The smallest absolute Gasteiger partial charge is 0.399 e. The van der Waals surface area contributed by atoms with Crippen LogP contribution >= 0.6 is 8.60 Å². The van der Waals surface area contributed by atoms with Gasteiger partial charge in [-0.1, -0.05) is 224 Å². The molecule has 5 atom stereocenters. The van der Waals surface area contributed by atoms with E-state index in [1.165, 1.54) is 0 Å². The first-order chi connectivity index (χ1) is 35.9. The van der Waals surface area contributed by atoms with Crippen LogP contribution in [0.3, 0.4) is 0 Å². The van der Waals surface area contributed by atoms with Gasteiger partial charge in [0.25, 0.3) is 0 Å². The third-order valence-electron chi connectivity index (χ3n) is 14.2. The van der Waals surface area contributed by atoms with Crippen LogP contribution in [0, 0.1) is 5.92 Å². The van der Waals surface area contributed by atoms with Gasteiger partial charge in [-0.3, -0.25) is 9.05 Å². The van der Waals surface area contributed by atoms with E-state index in [0.717, 1.165) is 50.1 Å². The summed E-state index contributed by atoms with van der Waals surface area (Å²) in [5, 5.41) is 0. The second-order valence-electron chi connectivity index (χ2n) is 19.3. The lowest BCUT2D eigenvalue weighted by molar-refractivity contribution is -0.175. The summed E-state index contributed by atoms with van der Waals surface area (Å²) >= 11 is 0. The number of ether oxygens (including phenoxy) is 4. The normalized spacial score (nSPS) is 22.9. The van der Waals surface area contributed by atoms with Crippen LogP contribution < -0.4 is 4.52 Å². The van der Waals surface area contributed by atoms with Crippen molar-refractivity contribution in [2.24, 2.45) is 15.9 Å². The molecule has 0 aromatic heterocycles. The van der Waals surface area contributed by atoms with E-state index in [2.05, 4.69) is 103 Å². The van der Waals surface area contributed by atoms with Crippen molar-refractivity contribution < 1.29 is 32.5 Å². The fourth-order valence-corrected chi connectivity index (χ4v) is 12.3. The second-order valence-corrected chi connectivity index (χ2v) is 20.3. The molecule has 4 aliphatic heterocycles. The van der Waals surface area contributed by atoms with Crippen molar-refractivity contribution in [3.05, 3.63) is 269 Å². The van der Waals surface area contributed by atoms with Crippen molar-refractivity contribution in [1.82, 2.24) is 0 Å². The maximum absolute atomic E-state index is 7.70. The van der Waals surface area contributed by atoms with Gasteiger partial charge in [0.05, 0.1) is 0 Å². The van der Waals surface area contributed by atoms with E-state index in [0.29, 0.717) is 37.2 Å². The van der Waals surface area contributed by atoms with Crippen molar-refractivity contribution in [3.8, 4) is 16.9 Å². The Morgan fingerprint density at radius 1 is 0.493 bits per heavy atom. The highest BCUT2D eigenvalue weighted by Gasteiger charge is 2.67. The average molecular weight is 983 g/mol. The standard InChI is InChI=1S/C63H55N2O7P/c1-61(2)68-57-58(69-61)63(50-34-17-7-18-35-50,51-36-19-8-20-37-51)72-73(71-62(57,48-30-13-5-14-31-48)49-32-15-6-16-33-49)70-56-39-22-21-38-52(56)47-29-23-24-44(40-47)41-53(59-64-54(42-66-59)45-25-9-3-10-26-45)60-65-55(43-67-60)46-27-11-4-12-28-46/h3-40,53-55,57-58H,41-43H2,1-2H3/t53?,54?,55?,57-,58?,73?/m1/s1. The van der Waals surface area contributed by atoms with Crippen LogP contribution in [-0.4, -0.2) is 43.0 Å². The highest BCUT2D eigenvalue weighted by Crippen LogP contribution is 2.65. The summed E-state index contributed by atoms with van der Waals surface area (Å²) in [5.74, 6) is 0.474. The van der Waals surface area contributed by atoms with E-state index in [4.69, 9.17) is 42.5 Å². The van der Waals surface area contributed by atoms with E-state index in [-0.39, 0.29) is 18.0 Å². The molecule has 8 aromatic carbocycles. The van der Waals surface area contributed by atoms with Crippen LogP contribution in [0.1, 0.15) is 64.9 Å². The summed E-state index contributed by atoms with van der Waals surface area (Å²) in [7, 11) is -2.31. The molecule has 0 amide bonds. The quantitative estimate of drug-likeness (QED) is 0.106. The minimum absolute atomic E-state index is 0.120. The van der Waals surface area contributed by atoms with Gasteiger partial charge in [-0.2, -0.15) is 0 Å². The molecule has 10 heteroatoms. The lowest BCUT2D eigenvalue weighted by Crippen LogP contribution is -2.53. The first kappa shape index (κ1) is 46.8. The van der Waals surface area contributed by atoms with E-state index < -0.39 is 37.8 Å². The van der Waals surface area contributed by atoms with Crippen LogP contribution in [0.5, 0.6) is 5.75 Å². The maximum Gasteiger partial charge on any atom is 0.399 e. The average Bonchev–Trinajstić information content (AvgIpc) is 4.22. The van der Waals surface area contributed by atoms with Gasteiger partial charge >= 0.3 is 8.60 Å². The zero-order valence-corrected chi connectivity index (χ0v) is 41.5. The number of para-hydroxylation sites is 1. The van der Waals surface area contributed by atoms with Gasteiger partial charge in [-0.15, -0.1) is 0 Å². The van der Waals surface area contributed by atoms with E-state index in [1.54, 1.807) is 0 Å². The van der Waals surface area contributed by atoms with E-state index >= 15 is 0 Å². The van der Waals surface area contributed by atoms with Gasteiger partial charge in [-0.05, 0) is 70.8 Å². The number of nitrogens with zero attached hydrogens (tertiary/aromatic N) is 2. The van der Waals surface area contributed by atoms with Crippen molar-refractivity contribution in [2.45, 2.75) is 61.5 Å². The Hall–Kier alpha value is -7.23. The molecule has 0 aliphatic carbocycles. The third-order valence-corrected chi connectivity index (χ3v) is 15.4. The largest absolute Gasteiger partial charge is 0.478 e. The Bertz CT molecular complexity index is 2970. The maximum atomic E-state index is 7.70. The lowest BCUT2D eigenvalue weighted by Gasteiger charge is -2.41. The molecule has 4 unspecified atom stereocenters. The van der Waals surface area contributed by atoms with Crippen LogP contribution in [0.2, 0.25) is 0 Å². The first-order valence-electron chi connectivity index (χ1n) is 25.0. The molecule has 364 valence electrons. The molecule has 2 fully saturated rings. The summed E-state index contributed by atoms with van der Waals surface area (Å²) in [6.45, 7) is 4.82. The molecule has 9 nitrogen and oxygen atoms in total. The highest BCUT2D eigenvalue weighted by molar-refractivity contribution is 7.42. The number of rotatable bonds is 13. The fraction of sp³-hybridized carbons (Fsp3) is 0.206. The molecule has 4 heterocycles. The van der Waals surface area contributed by atoms with Crippen molar-refractivity contribution >= 4 is 20.4 Å². The lowest BCUT2D eigenvalue weighted by atomic mass is 9.72. The number of aliphatic imine (C=N–C) groups is 2. The number of fused-ring (bicyclic) bond motifs is 1. The molecule has 12 rings (SSSR count). The Labute approximate surface area is 428 Å². The zero-order chi connectivity index (χ0) is 49.2. The Morgan fingerprint density at radius 3 is 1.36 bits per heavy atom. The predicted molar refractivity (Wildman–Crippen MR) is 285 cm³/mol. The molecule has 2 saturated heterocycles. The number of hydrogen-bond donors (Lipinski definition) is 0. The second kappa shape index (κ2) is 20.0. The van der Waals surface area contributed by atoms with Gasteiger partial charge in [0.1, 0.15) is 49.2 Å². The summed E-state index contributed by atoms with van der Waals surface area (Å²) in [6.07, 6.45) is -0.934. The van der Waals surface area contributed by atoms with Crippen LogP contribution in [0.15, 0.2) is 241 Å². The highest BCUT2D eigenvalue weighted by atomic mass is 31.2. The molecule has 73 heavy (non-hydrogen) atoms. The molecule has 0 spiro atoms. The van der Waals surface area contributed by atoms with E-state index in [1.807, 2.05) is 141 Å². The Kier molecular flexibility index (Phi) is 12.8. The van der Waals surface area contributed by atoms with E-state index in [9.17, 15) is 0 Å². The van der Waals surface area contributed by atoms with Gasteiger partial charge in [0.2, 0.25) is 0 Å². The van der Waals surface area contributed by atoms with Crippen LogP contribution in [0.4, 0.5) is 0 Å². The van der Waals surface area contributed by atoms with Gasteiger partial charge in [-0.25, -0.2) is 9.98 Å². The number of hydrogen-bond acceptors (Lipinski definition) is 9. The summed E-state index contributed by atoms with van der Waals surface area (Å²) in [4.78, 5) is 10.3. The van der Waals surface area contributed by atoms with Gasteiger partial charge in [0.15, 0.2) is 28.8 Å². The summed E-state index contributed by atoms with van der Waals surface area (Å²) < 4.78 is 50.1. The van der Waals surface area contributed by atoms with Gasteiger partial charge in [0, 0.05) is 5.56 Å². The monoisotopic (exact) mass is 982 g/mol. The van der Waals surface area contributed by atoms with Gasteiger partial charge < -0.3 is 23.5 Å². The number of benzene rings is 8. The third kappa shape index (κ3) is 9.07. The fourth-order valence-electron chi connectivity index (χ4n) is 10.8. The van der Waals surface area contributed by atoms with Crippen LogP contribution in [0.25, 0.3) is 11.1 Å². The van der Waals surface area contributed by atoms with Crippen LogP contribution in [-0.2, 0) is 45.6 Å². The minimum atomic E-state index is -2.31. The molecule has 0 N–H and O–H groups in total. The van der Waals surface area contributed by atoms with Crippen molar-refractivity contribution in [3.63, 3.8) is 0 Å². The molecule has 4 aliphatic rings. The topological polar surface area (TPSA) is 89.3 Å². The summed E-state index contributed by atoms with van der Waals surface area (Å²) in [5.41, 5.74) is 6.02. The van der Waals surface area contributed by atoms with Crippen molar-refractivity contribution in [2.75, 3.05) is 13.2 Å². The summed E-state index contributed by atoms with van der Waals surface area (Å²) in [6, 6.07) is 78.0. The molecular formula is C63H55N2O7P. The molecular weight excluding hydrogens is 928 g/mol. The molecule has 8 aromatic rings. The molecule has 0 bridgehead atoms. The molecule has 0 saturated carbocycles. The Balaban J connectivity index is 0.956. The molecule has 0 radical (unpaired) electrons. The predicted octanol–water partition coefficient (Wildman–Crippen LogP) is 13.9. The first-order valence-corrected chi connectivity index (χ1v) is 26.1. The minimum Gasteiger partial charge on any atom is -0.478 e. The zero-order valence-electron chi connectivity index (χ0n) is 40.6.